The molecule has 1 amide bonds. The molecule has 1 aliphatic rings. The summed E-state index contributed by atoms with van der Waals surface area (Å²) < 4.78 is 0. The van der Waals surface area contributed by atoms with Gasteiger partial charge in [-0.05, 0) is 25.5 Å². The lowest BCUT2D eigenvalue weighted by Crippen LogP contribution is -2.58. The Hall–Kier alpha value is -2.61. The lowest BCUT2D eigenvalue weighted by Gasteiger charge is -2.31. The zero-order chi connectivity index (χ0) is 17.4. The van der Waals surface area contributed by atoms with Crippen LogP contribution in [0.4, 0.5) is 5.69 Å². The molecule has 0 aromatic heterocycles. The van der Waals surface area contributed by atoms with Gasteiger partial charge in [-0.3, -0.25) is 4.79 Å². The van der Waals surface area contributed by atoms with Crippen molar-refractivity contribution >= 4 is 23.5 Å². The topological polar surface area (TPSA) is 141 Å². The van der Waals surface area contributed by atoms with Gasteiger partial charge < -0.3 is 26.0 Å². The highest BCUT2D eigenvalue weighted by atomic mass is 16.4. The number of hydrogen-bond acceptors (Lipinski definition) is 5. The number of hydrogen-bond donors (Lipinski definition) is 4. The first-order chi connectivity index (χ1) is 10.7. The summed E-state index contributed by atoms with van der Waals surface area (Å²) in [5, 5.41) is 28.7. The minimum absolute atomic E-state index is 0.0330. The van der Waals surface area contributed by atoms with E-state index in [-0.39, 0.29) is 24.2 Å². The number of carbonyl (C=O) groups is 3. The third-order valence-corrected chi connectivity index (χ3v) is 4.26. The molecule has 0 aliphatic carbocycles. The van der Waals surface area contributed by atoms with Gasteiger partial charge in [0, 0.05) is 18.2 Å². The molecule has 0 bridgehead atoms. The van der Waals surface area contributed by atoms with Crippen LogP contribution in [0.5, 0.6) is 0 Å². The summed E-state index contributed by atoms with van der Waals surface area (Å²) in [6.07, 6.45) is -1.31. The molecule has 0 saturated carbocycles. The molecule has 1 fully saturated rings. The molecule has 1 aromatic rings. The van der Waals surface area contributed by atoms with E-state index in [4.69, 9.17) is 5.73 Å². The third kappa shape index (κ3) is 2.61. The summed E-state index contributed by atoms with van der Waals surface area (Å²) >= 11 is 0. The number of carbonyl (C=O) groups excluding carboxylic acids is 1. The van der Waals surface area contributed by atoms with Crippen molar-refractivity contribution in [3.8, 4) is 0 Å². The number of anilines is 1. The largest absolute Gasteiger partial charge is 0.479 e. The van der Waals surface area contributed by atoms with Crippen molar-refractivity contribution in [2.75, 3.05) is 12.3 Å². The van der Waals surface area contributed by atoms with Crippen molar-refractivity contribution in [1.82, 2.24) is 4.90 Å². The van der Waals surface area contributed by atoms with Gasteiger partial charge in [-0.15, -0.1) is 0 Å². The van der Waals surface area contributed by atoms with Crippen LogP contribution in [0.1, 0.15) is 23.7 Å². The lowest BCUT2D eigenvalue weighted by atomic mass is 9.90. The zero-order valence-electron chi connectivity index (χ0n) is 12.5. The van der Waals surface area contributed by atoms with E-state index >= 15 is 0 Å². The number of likely N-dealkylation sites (tertiary alicyclic amines) is 1. The van der Waals surface area contributed by atoms with Crippen molar-refractivity contribution in [2.45, 2.75) is 25.0 Å². The molecule has 2 unspecified atom stereocenters. The van der Waals surface area contributed by atoms with Crippen LogP contribution >= 0.6 is 0 Å². The first-order valence-corrected chi connectivity index (χ1v) is 7.03. The summed E-state index contributed by atoms with van der Waals surface area (Å²) in [6.45, 7) is 1.26. The molecular formula is C15H18N2O6. The third-order valence-electron chi connectivity index (χ3n) is 4.26. The molecule has 23 heavy (non-hydrogen) atoms. The molecule has 8 heteroatoms. The number of benzene rings is 1. The average molecular weight is 322 g/mol. The molecule has 5 N–H and O–H groups in total. The zero-order valence-corrected chi connectivity index (χ0v) is 12.5. The number of nitrogen functional groups attached to an aromatic ring is 1. The Labute approximate surface area is 132 Å². The van der Waals surface area contributed by atoms with Crippen molar-refractivity contribution in [2.24, 2.45) is 5.92 Å². The van der Waals surface area contributed by atoms with Crippen molar-refractivity contribution in [1.29, 1.82) is 0 Å². The molecule has 0 radical (unpaired) electrons. The number of para-hydroxylation sites is 1. The van der Waals surface area contributed by atoms with E-state index in [0.29, 0.717) is 0 Å². The van der Waals surface area contributed by atoms with Crippen LogP contribution in [0.15, 0.2) is 24.3 Å². The summed E-state index contributed by atoms with van der Waals surface area (Å²) in [6, 6.07) is 6.03. The molecule has 0 spiro atoms. The van der Waals surface area contributed by atoms with Crippen LogP contribution in [-0.2, 0) is 9.59 Å². The monoisotopic (exact) mass is 322 g/mol. The molecule has 2 atom stereocenters. The molecule has 8 nitrogen and oxygen atoms in total. The van der Waals surface area contributed by atoms with Crippen LogP contribution in [0, 0.1) is 5.92 Å². The Morgan fingerprint density at radius 3 is 2.30 bits per heavy atom. The molecular weight excluding hydrogens is 304 g/mol. The molecule has 1 aromatic carbocycles. The van der Waals surface area contributed by atoms with E-state index in [9.17, 15) is 29.7 Å². The molecule has 2 rings (SSSR count). The van der Waals surface area contributed by atoms with Crippen LogP contribution in [-0.4, -0.2) is 56.3 Å². The maximum Gasteiger partial charge on any atom is 0.341 e. The Morgan fingerprint density at radius 2 is 1.83 bits per heavy atom. The van der Waals surface area contributed by atoms with E-state index < -0.39 is 35.4 Å². The smallest absolute Gasteiger partial charge is 0.341 e. The quantitative estimate of drug-likeness (QED) is 0.452. The minimum atomic E-state index is -2.42. The Bertz CT molecular complexity index is 643. The Balaban J connectivity index is 2.52. The first-order valence-electron chi connectivity index (χ1n) is 7.03. The molecule has 1 aliphatic heterocycles. The standard InChI is InChI=1S/C15H18N2O6/c1-8(18)9-6-15(13(20)21,14(22)23)17(7-9)12(19)10-4-2-3-5-11(10)16/h2-5,8-9,18H,6-7,16H2,1H3,(H,20,21)(H,22,23). The number of nitrogens with two attached hydrogens (primary N) is 1. The van der Waals surface area contributed by atoms with E-state index in [2.05, 4.69) is 0 Å². The maximum absolute atomic E-state index is 12.7. The number of carboxylic acid groups (broad SMARTS) is 2. The van der Waals surface area contributed by atoms with Crippen LogP contribution in [0.25, 0.3) is 0 Å². The van der Waals surface area contributed by atoms with Gasteiger partial charge in [0.1, 0.15) is 0 Å². The predicted octanol–water partition coefficient (Wildman–Crippen LogP) is 0.0197. The maximum atomic E-state index is 12.7. The van der Waals surface area contributed by atoms with Crippen LogP contribution < -0.4 is 5.73 Å². The van der Waals surface area contributed by atoms with Crippen LogP contribution in [0.2, 0.25) is 0 Å². The minimum Gasteiger partial charge on any atom is -0.479 e. The van der Waals surface area contributed by atoms with Gasteiger partial charge in [0.05, 0.1) is 11.7 Å². The number of aliphatic hydroxyl groups is 1. The van der Waals surface area contributed by atoms with Gasteiger partial charge in [-0.1, -0.05) is 12.1 Å². The molecule has 1 heterocycles. The average Bonchev–Trinajstić information content (AvgIpc) is 2.89. The summed E-state index contributed by atoms with van der Waals surface area (Å²) in [5.74, 6) is -4.72. The SMILES string of the molecule is CC(O)C1CN(C(=O)c2ccccc2N)C(C(=O)O)(C(=O)O)C1. The Kier molecular flexibility index (Phi) is 4.28. The second-order valence-electron chi connectivity index (χ2n) is 5.68. The fourth-order valence-corrected chi connectivity index (χ4v) is 2.86. The highest BCUT2D eigenvalue weighted by Crippen LogP contribution is 2.37. The van der Waals surface area contributed by atoms with E-state index in [1.165, 1.54) is 19.1 Å². The van der Waals surface area contributed by atoms with Gasteiger partial charge in [-0.2, -0.15) is 0 Å². The number of carboxylic acids is 2. The van der Waals surface area contributed by atoms with E-state index in [1.54, 1.807) is 12.1 Å². The number of nitrogens with zero attached hydrogens (tertiary/aromatic N) is 1. The lowest BCUT2D eigenvalue weighted by molar-refractivity contribution is -0.163. The molecule has 124 valence electrons. The Morgan fingerprint density at radius 1 is 1.26 bits per heavy atom. The van der Waals surface area contributed by atoms with Gasteiger partial charge >= 0.3 is 11.9 Å². The van der Waals surface area contributed by atoms with Gasteiger partial charge in [0.25, 0.3) is 5.91 Å². The fourth-order valence-electron chi connectivity index (χ4n) is 2.86. The normalized spacial score (nSPS) is 21.0. The highest BCUT2D eigenvalue weighted by Gasteiger charge is 2.60. The second kappa shape index (κ2) is 5.88. The highest BCUT2D eigenvalue weighted by molar-refractivity contribution is 6.10. The summed E-state index contributed by atoms with van der Waals surface area (Å²) in [5.41, 5.74) is 3.48. The second-order valence-corrected chi connectivity index (χ2v) is 5.68. The van der Waals surface area contributed by atoms with Crippen molar-refractivity contribution in [3.05, 3.63) is 29.8 Å². The van der Waals surface area contributed by atoms with Gasteiger partial charge in [-0.25, -0.2) is 9.59 Å². The van der Waals surface area contributed by atoms with Gasteiger partial charge in [0.15, 0.2) is 0 Å². The number of aliphatic carboxylic acids is 2. The number of rotatable bonds is 4. The number of aliphatic hydroxyl groups excluding tert-OH is 1. The van der Waals surface area contributed by atoms with Crippen LogP contribution in [0.3, 0.4) is 0 Å². The molecule has 1 saturated heterocycles. The fraction of sp³-hybridized carbons (Fsp3) is 0.400. The summed E-state index contributed by atoms with van der Waals surface area (Å²) in [7, 11) is 0. The van der Waals surface area contributed by atoms with E-state index in [0.717, 1.165) is 4.90 Å². The van der Waals surface area contributed by atoms with Crippen molar-refractivity contribution in [3.63, 3.8) is 0 Å². The predicted molar refractivity (Wildman–Crippen MR) is 79.7 cm³/mol. The van der Waals surface area contributed by atoms with Crippen molar-refractivity contribution < 1.29 is 29.7 Å². The summed E-state index contributed by atoms with van der Waals surface area (Å²) in [4.78, 5) is 36.8. The number of amides is 1. The first kappa shape index (κ1) is 16.8. The van der Waals surface area contributed by atoms with Gasteiger partial charge in [0.2, 0.25) is 5.54 Å². The van der Waals surface area contributed by atoms with E-state index in [1.807, 2.05) is 0 Å².